The number of esters is 2. The van der Waals surface area contributed by atoms with Gasteiger partial charge in [0.2, 0.25) is 0 Å². The maximum Gasteiger partial charge on any atom is 0.305 e. The minimum absolute atomic E-state index is 0.149. The van der Waals surface area contributed by atoms with Crippen molar-refractivity contribution in [1.29, 1.82) is 0 Å². The Morgan fingerprint density at radius 1 is 0.593 bits per heavy atom. The van der Waals surface area contributed by atoms with Gasteiger partial charge in [-0.05, 0) is 44.9 Å². The lowest BCUT2D eigenvalue weighted by Gasteiger charge is -2.05. The maximum absolute atomic E-state index is 11.6. The molecule has 0 radical (unpaired) electrons. The molecule has 0 rings (SSSR count). The fourth-order valence-electron chi connectivity index (χ4n) is 2.71. The van der Waals surface area contributed by atoms with Gasteiger partial charge in [-0.15, -0.1) is 0 Å². The molecule has 0 bridgehead atoms. The maximum atomic E-state index is 11.6. The zero-order valence-electron chi connectivity index (χ0n) is 17.8. The smallest absolute Gasteiger partial charge is 0.305 e. The van der Waals surface area contributed by atoms with E-state index in [2.05, 4.69) is 26.0 Å². The van der Waals surface area contributed by atoms with Gasteiger partial charge in [0.1, 0.15) is 0 Å². The van der Waals surface area contributed by atoms with Crippen molar-refractivity contribution in [1.82, 2.24) is 0 Å². The van der Waals surface area contributed by atoms with E-state index in [-0.39, 0.29) is 11.9 Å². The highest BCUT2D eigenvalue weighted by Crippen LogP contribution is 2.06. The molecule has 0 spiro atoms. The van der Waals surface area contributed by atoms with Gasteiger partial charge in [0.05, 0.1) is 13.2 Å². The number of carbonyl (C=O) groups is 2. The topological polar surface area (TPSA) is 52.6 Å². The van der Waals surface area contributed by atoms with Gasteiger partial charge in [-0.1, -0.05) is 64.5 Å². The molecule has 0 aliphatic rings. The Bertz CT molecular complexity index is 377. The van der Waals surface area contributed by atoms with Gasteiger partial charge in [0.15, 0.2) is 0 Å². The summed E-state index contributed by atoms with van der Waals surface area (Å²) in [6.07, 6.45) is 19.1. The molecule has 0 aromatic rings. The van der Waals surface area contributed by atoms with Crippen LogP contribution in [0.3, 0.4) is 0 Å². The van der Waals surface area contributed by atoms with Gasteiger partial charge in [-0.3, -0.25) is 9.59 Å². The Kier molecular flexibility index (Phi) is 20.0. The van der Waals surface area contributed by atoms with Crippen LogP contribution in [0.4, 0.5) is 0 Å². The number of rotatable bonds is 19. The molecule has 27 heavy (non-hydrogen) atoms. The van der Waals surface area contributed by atoms with Crippen molar-refractivity contribution >= 4 is 11.9 Å². The van der Waals surface area contributed by atoms with Gasteiger partial charge < -0.3 is 9.47 Å². The summed E-state index contributed by atoms with van der Waals surface area (Å²) in [7, 11) is 0. The fourth-order valence-corrected chi connectivity index (χ4v) is 2.71. The average Bonchev–Trinajstić information content (AvgIpc) is 2.66. The minimum atomic E-state index is -0.161. The summed E-state index contributed by atoms with van der Waals surface area (Å²) < 4.78 is 10.4. The van der Waals surface area contributed by atoms with Crippen molar-refractivity contribution in [3.8, 4) is 0 Å². The van der Waals surface area contributed by atoms with Crippen LogP contribution in [0.2, 0.25) is 0 Å². The number of carbonyl (C=O) groups excluding carboxylic acids is 2. The lowest BCUT2D eigenvalue weighted by atomic mass is 10.2. The molecule has 4 heteroatoms. The highest BCUT2D eigenvalue weighted by Gasteiger charge is 2.06. The number of hydrogen-bond acceptors (Lipinski definition) is 4. The second kappa shape index (κ2) is 21.0. The Morgan fingerprint density at radius 2 is 1.07 bits per heavy atom. The third-order valence-corrected chi connectivity index (χ3v) is 4.44. The van der Waals surface area contributed by atoms with Gasteiger partial charge in [-0.25, -0.2) is 0 Å². The first-order valence-electron chi connectivity index (χ1n) is 11.2. The second-order valence-corrected chi connectivity index (χ2v) is 7.17. The molecule has 0 N–H and O–H groups in total. The summed E-state index contributed by atoms with van der Waals surface area (Å²) in [5.74, 6) is -0.309. The molecule has 0 unspecified atom stereocenters. The van der Waals surface area contributed by atoms with E-state index in [0.29, 0.717) is 38.9 Å². The molecule has 0 heterocycles. The van der Waals surface area contributed by atoms with Crippen LogP contribution < -0.4 is 0 Å². The largest absolute Gasteiger partial charge is 0.466 e. The van der Waals surface area contributed by atoms with Crippen LogP contribution in [-0.2, 0) is 19.1 Å². The van der Waals surface area contributed by atoms with Crippen molar-refractivity contribution in [2.45, 2.75) is 110 Å². The van der Waals surface area contributed by atoms with Crippen LogP contribution in [0, 0.1) is 0 Å². The number of unbranched alkanes of at least 4 members (excludes halogenated alkanes) is 9. The van der Waals surface area contributed by atoms with Crippen molar-refractivity contribution < 1.29 is 19.1 Å². The summed E-state index contributed by atoms with van der Waals surface area (Å²) >= 11 is 0. The fraction of sp³-hybridized carbons (Fsp3) is 0.826. The molecule has 0 aromatic carbocycles. The monoisotopic (exact) mass is 382 g/mol. The molecule has 0 atom stereocenters. The van der Waals surface area contributed by atoms with Crippen LogP contribution in [0.25, 0.3) is 0 Å². The molecular formula is C23H42O4. The lowest BCUT2D eigenvalue weighted by molar-refractivity contribution is -0.146. The molecule has 0 amide bonds. The zero-order valence-corrected chi connectivity index (χ0v) is 17.8. The Labute approximate surface area is 167 Å². The Morgan fingerprint density at radius 3 is 1.67 bits per heavy atom. The van der Waals surface area contributed by atoms with E-state index >= 15 is 0 Å². The quantitative estimate of drug-likeness (QED) is 0.145. The van der Waals surface area contributed by atoms with Crippen molar-refractivity contribution in [3.05, 3.63) is 12.2 Å². The van der Waals surface area contributed by atoms with Gasteiger partial charge >= 0.3 is 11.9 Å². The molecule has 0 saturated heterocycles. The van der Waals surface area contributed by atoms with E-state index in [4.69, 9.17) is 9.47 Å². The molecule has 0 fully saturated rings. The number of ether oxygens (including phenoxy) is 2. The van der Waals surface area contributed by atoms with Gasteiger partial charge in [0.25, 0.3) is 0 Å². The van der Waals surface area contributed by atoms with Crippen LogP contribution in [0.1, 0.15) is 110 Å². The SMILES string of the molecule is CCCCC/C=C/CCCOC(=O)CCCCC(=O)OCCCCCCC. The van der Waals surface area contributed by atoms with Crippen molar-refractivity contribution in [2.75, 3.05) is 13.2 Å². The van der Waals surface area contributed by atoms with Gasteiger partial charge in [-0.2, -0.15) is 0 Å². The first-order chi connectivity index (χ1) is 13.2. The normalized spacial score (nSPS) is 11.0. The van der Waals surface area contributed by atoms with E-state index < -0.39 is 0 Å². The molecule has 158 valence electrons. The van der Waals surface area contributed by atoms with Crippen LogP contribution >= 0.6 is 0 Å². The summed E-state index contributed by atoms with van der Waals surface area (Å²) in [6.45, 7) is 5.40. The van der Waals surface area contributed by atoms with E-state index in [9.17, 15) is 9.59 Å². The summed E-state index contributed by atoms with van der Waals surface area (Å²) in [5, 5.41) is 0. The molecule has 0 saturated carbocycles. The second-order valence-electron chi connectivity index (χ2n) is 7.17. The zero-order chi connectivity index (χ0) is 20.0. The molecule has 4 nitrogen and oxygen atoms in total. The predicted molar refractivity (Wildman–Crippen MR) is 112 cm³/mol. The van der Waals surface area contributed by atoms with E-state index in [1.807, 2.05) is 0 Å². The molecular weight excluding hydrogens is 340 g/mol. The Hall–Kier alpha value is -1.32. The van der Waals surface area contributed by atoms with Crippen LogP contribution in [-0.4, -0.2) is 25.2 Å². The van der Waals surface area contributed by atoms with E-state index in [1.165, 1.54) is 38.5 Å². The highest BCUT2D eigenvalue weighted by atomic mass is 16.5. The van der Waals surface area contributed by atoms with E-state index in [0.717, 1.165) is 32.1 Å². The molecule has 0 aromatic heterocycles. The lowest BCUT2D eigenvalue weighted by Crippen LogP contribution is -2.08. The first-order valence-corrected chi connectivity index (χ1v) is 11.2. The van der Waals surface area contributed by atoms with Crippen molar-refractivity contribution in [2.24, 2.45) is 0 Å². The highest BCUT2D eigenvalue weighted by molar-refractivity contribution is 5.70. The van der Waals surface area contributed by atoms with E-state index in [1.54, 1.807) is 0 Å². The van der Waals surface area contributed by atoms with Crippen LogP contribution in [0.5, 0.6) is 0 Å². The standard InChI is InChI=1S/C23H42O4/c1-3-5-7-9-10-11-13-17-21-27-23(25)19-15-14-18-22(24)26-20-16-12-8-6-4-2/h10-11H,3-9,12-21H2,1-2H3/b11-10+. The molecule has 0 aliphatic carbocycles. The summed E-state index contributed by atoms with van der Waals surface area (Å²) in [5.41, 5.74) is 0. The van der Waals surface area contributed by atoms with Crippen LogP contribution in [0.15, 0.2) is 12.2 Å². The third kappa shape index (κ3) is 20.8. The first kappa shape index (κ1) is 25.7. The number of hydrogen-bond donors (Lipinski definition) is 0. The summed E-state index contributed by atoms with van der Waals surface area (Å²) in [6, 6.07) is 0. The third-order valence-electron chi connectivity index (χ3n) is 4.44. The average molecular weight is 383 g/mol. The number of allylic oxidation sites excluding steroid dienone is 2. The predicted octanol–water partition coefficient (Wildman–Crippen LogP) is 6.52. The van der Waals surface area contributed by atoms with Crippen molar-refractivity contribution in [3.63, 3.8) is 0 Å². The molecule has 0 aliphatic heterocycles. The Balaban J connectivity index is 3.36. The summed E-state index contributed by atoms with van der Waals surface area (Å²) in [4.78, 5) is 23.2. The minimum Gasteiger partial charge on any atom is -0.466 e. The van der Waals surface area contributed by atoms with Gasteiger partial charge in [0, 0.05) is 12.8 Å².